The predicted octanol–water partition coefficient (Wildman–Crippen LogP) is 2.40. The minimum absolute atomic E-state index is 0.0727. The van der Waals surface area contributed by atoms with Crippen LogP contribution in [0.5, 0.6) is 5.88 Å². The van der Waals surface area contributed by atoms with Gasteiger partial charge in [0.1, 0.15) is 0 Å². The molecular formula is C21H26N4O2. The Morgan fingerprint density at radius 1 is 1.33 bits per heavy atom. The predicted molar refractivity (Wildman–Crippen MR) is 103 cm³/mol. The van der Waals surface area contributed by atoms with E-state index in [-0.39, 0.29) is 11.4 Å². The zero-order valence-corrected chi connectivity index (χ0v) is 16.0. The van der Waals surface area contributed by atoms with Crippen molar-refractivity contribution >= 4 is 5.91 Å². The number of likely N-dealkylation sites (N-methyl/N-ethyl adjacent to an activating group) is 1. The fourth-order valence-corrected chi connectivity index (χ4v) is 4.22. The van der Waals surface area contributed by atoms with Crippen LogP contribution in [-0.2, 0) is 0 Å². The van der Waals surface area contributed by atoms with Gasteiger partial charge in [0, 0.05) is 37.7 Å². The van der Waals surface area contributed by atoms with Crippen molar-refractivity contribution in [1.82, 2.24) is 19.8 Å². The molecule has 6 nitrogen and oxygen atoms in total. The van der Waals surface area contributed by atoms with Crippen molar-refractivity contribution in [3.05, 3.63) is 54.0 Å². The van der Waals surface area contributed by atoms with Crippen LogP contribution in [0.4, 0.5) is 0 Å². The zero-order chi connectivity index (χ0) is 18.9. The van der Waals surface area contributed by atoms with Gasteiger partial charge in [-0.1, -0.05) is 6.07 Å². The van der Waals surface area contributed by atoms with Crippen LogP contribution in [0, 0.1) is 12.8 Å². The summed E-state index contributed by atoms with van der Waals surface area (Å²) in [7, 11) is 2.17. The number of likely N-dealkylation sites (tertiary alicyclic amines) is 2. The monoisotopic (exact) mass is 366 g/mol. The van der Waals surface area contributed by atoms with E-state index >= 15 is 0 Å². The fraction of sp³-hybridized carbons (Fsp3) is 0.476. The van der Waals surface area contributed by atoms with Crippen molar-refractivity contribution < 1.29 is 9.53 Å². The number of amides is 1. The number of aryl methyl sites for hydroxylation is 1. The van der Waals surface area contributed by atoms with Gasteiger partial charge in [-0.25, -0.2) is 4.98 Å². The molecule has 27 heavy (non-hydrogen) atoms. The highest BCUT2D eigenvalue weighted by molar-refractivity contribution is 5.94. The van der Waals surface area contributed by atoms with Crippen molar-refractivity contribution in [3.8, 4) is 5.88 Å². The molecule has 1 atom stereocenters. The van der Waals surface area contributed by atoms with Gasteiger partial charge in [0.25, 0.3) is 5.91 Å². The first-order valence-electron chi connectivity index (χ1n) is 9.52. The minimum Gasteiger partial charge on any atom is -0.477 e. The number of nitrogens with zero attached hydrogens (tertiary/aromatic N) is 4. The third kappa shape index (κ3) is 3.67. The Bertz CT molecular complexity index is 805. The van der Waals surface area contributed by atoms with Crippen LogP contribution >= 0.6 is 0 Å². The summed E-state index contributed by atoms with van der Waals surface area (Å²) < 4.78 is 5.88. The van der Waals surface area contributed by atoms with Crippen molar-refractivity contribution in [2.24, 2.45) is 5.92 Å². The number of aromatic nitrogens is 2. The Morgan fingerprint density at radius 3 is 2.93 bits per heavy atom. The van der Waals surface area contributed by atoms with E-state index in [0.29, 0.717) is 24.0 Å². The molecule has 4 rings (SSSR count). The number of pyridine rings is 2. The van der Waals surface area contributed by atoms with Gasteiger partial charge in [0.15, 0.2) is 0 Å². The molecule has 4 heterocycles. The number of hydrogen-bond donors (Lipinski definition) is 0. The molecule has 2 fully saturated rings. The normalized spacial score (nSPS) is 21.7. The smallest absolute Gasteiger partial charge is 0.255 e. The van der Waals surface area contributed by atoms with Gasteiger partial charge in [-0.05, 0) is 57.0 Å². The van der Waals surface area contributed by atoms with E-state index in [4.69, 9.17) is 4.74 Å². The summed E-state index contributed by atoms with van der Waals surface area (Å²) in [5.41, 5.74) is 1.76. The molecule has 0 saturated carbocycles. The van der Waals surface area contributed by atoms with Gasteiger partial charge in [-0.3, -0.25) is 14.7 Å². The van der Waals surface area contributed by atoms with Crippen LogP contribution in [0.2, 0.25) is 0 Å². The largest absolute Gasteiger partial charge is 0.477 e. The molecule has 0 aromatic carbocycles. The molecule has 2 aromatic rings. The summed E-state index contributed by atoms with van der Waals surface area (Å²) in [6, 6.07) is 7.63. The molecule has 6 heteroatoms. The lowest BCUT2D eigenvalue weighted by atomic mass is 9.75. The van der Waals surface area contributed by atoms with Crippen molar-refractivity contribution in [2.45, 2.75) is 25.3 Å². The van der Waals surface area contributed by atoms with Crippen molar-refractivity contribution in [2.75, 3.05) is 33.3 Å². The maximum atomic E-state index is 12.7. The van der Waals surface area contributed by atoms with E-state index in [2.05, 4.69) is 21.9 Å². The Hall–Kier alpha value is -2.47. The summed E-state index contributed by atoms with van der Waals surface area (Å²) in [5.74, 6) is 1.25. The van der Waals surface area contributed by atoms with Crippen molar-refractivity contribution in [1.29, 1.82) is 0 Å². The third-order valence-corrected chi connectivity index (χ3v) is 5.84. The second kappa shape index (κ2) is 7.27. The van der Waals surface area contributed by atoms with E-state index in [1.165, 1.54) is 0 Å². The van der Waals surface area contributed by atoms with Crippen LogP contribution in [0.3, 0.4) is 0 Å². The number of ether oxygens (including phenoxy) is 1. The first kappa shape index (κ1) is 17.9. The van der Waals surface area contributed by atoms with Crippen LogP contribution in [0.25, 0.3) is 0 Å². The highest BCUT2D eigenvalue weighted by Gasteiger charge is 2.51. The summed E-state index contributed by atoms with van der Waals surface area (Å²) in [5, 5.41) is 0. The number of piperidine rings is 1. The lowest BCUT2D eigenvalue weighted by Crippen LogP contribution is -2.72. The molecule has 0 N–H and O–H groups in total. The number of hydrogen-bond acceptors (Lipinski definition) is 5. The van der Waals surface area contributed by atoms with Gasteiger partial charge in [-0.15, -0.1) is 0 Å². The Balaban J connectivity index is 1.36. The zero-order valence-electron chi connectivity index (χ0n) is 16.0. The Kier molecular flexibility index (Phi) is 4.83. The summed E-state index contributed by atoms with van der Waals surface area (Å²) in [6.45, 7) is 5.22. The molecule has 0 bridgehead atoms. The van der Waals surface area contributed by atoms with Gasteiger partial charge in [0.2, 0.25) is 5.88 Å². The van der Waals surface area contributed by atoms with Gasteiger partial charge >= 0.3 is 0 Å². The topological polar surface area (TPSA) is 58.6 Å². The van der Waals surface area contributed by atoms with Gasteiger partial charge in [-0.2, -0.15) is 0 Å². The molecule has 0 radical (unpaired) electrons. The highest BCUT2D eigenvalue weighted by Crippen LogP contribution is 2.39. The molecular weight excluding hydrogens is 340 g/mol. The number of rotatable bonds is 4. The average Bonchev–Trinajstić information content (AvgIpc) is 2.66. The Morgan fingerprint density at radius 2 is 2.19 bits per heavy atom. The molecule has 2 aliphatic rings. The van der Waals surface area contributed by atoms with Gasteiger partial charge in [0.05, 0.1) is 17.7 Å². The molecule has 2 saturated heterocycles. The van der Waals surface area contributed by atoms with Gasteiger partial charge < -0.3 is 9.64 Å². The second-order valence-electron chi connectivity index (χ2n) is 7.90. The summed E-state index contributed by atoms with van der Waals surface area (Å²) >= 11 is 0. The summed E-state index contributed by atoms with van der Waals surface area (Å²) in [4.78, 5) is 25.5. The standard InChI is InChI=1S/C21H26N4O2/c1-16-9-18(12-22-11-16)20(26)25-14-21(15-25)10-17(6-8-24(21)2)13-27-19-5-3-4-7-23-19/h3-5,7,9,11-12,17H,6,8,10,13-15H2,1-2H3/t17-/m0/s1. The van der Waals surface area contributed by atoms with Crippen LogP contribution in [0.15, 0.2) is 42.9 Å². The van der Waals surface area contributed by atoms with E-state index < -0.39 is 0 Å². The molecule has 0 unspecified atom stereocenters. The first-order chi connectivity index (χ1) is 13.1. The maximum Gasteiger partial charge on any atom is 0.255 e. The average molecular weight is 366 g/mol. The quantitative estimate of drug-likeness (QED) is 0.832. The lowest BCUT2D eigenvalue weighted by Gasteiger charge is -2.58. The number of carbonyl (C=O) groups excluding carboxylic acids is 1. The van der Waals surface area contributed by atoms with E-state index in [9.17, 15) is 4.79 Å². The molecule has 2 aliphatic heterocycles. The third-order valence-electron chi connectivity index (χ3n) is 5.84. The van der Waals surface area contributed by atoms with E-state index in [0.717, 1.165) is 38.0 Å². The van der Waals surface area contributed by atoms with E-state index in [1.54, 1.807) is 18.6 Å². The van der Waals surface area contributed by atoms with Crippen LogP contribution in [-0.4, -0.2) is 64.5 Å². The van der Waals surface area contributed by atoms with E-state index in [1.807, 2.05) is 36.1 Å². The van der Waals surface area contributed by atoms with Crippen molar-refractivity contribution in [3.63, 3.8) is 0 Å². The lowest BCUT2D eigenvalue weighted by molar-refractivity contribution is -0.0695. The Labute approximate surface area is 160 Å². The molecule has 1 spiro atoms. The highest BCUT2D eigenvalue weighted by atomic mass is 16.5. The molecule has 2 aromatic heterocycles. The number of carbonyl (C=O) groups is 1. The SMILES string of the molecule is Cc1cncc(C(=O)N2CC3(C[C@@H](COc4ccccn4)CCN3C)C2)c1. The fourth-order valence-electron chi connectivity index (χ4n) is 4.22. The van der Waals surface area contributed by atoms with Crippen LogP contribution < -0.4 is 4.74 Å². The maximum absolute atomic E-state index is 12.7. The molecule has 1 amide bonds. The molecule has 0 aliphatic carbocycles. The molecule has 142 valence electrons. The summed E-state index contributed by atoms with van der Waals surface area (Å²) in [6.07, 6.45) is 7.35. The second-order valence-corrected chi connectivity index (χ2v) is 7.90. The van der Waals surface area contributed by atoms with Crippen LogP contribution in [0.1, 0.15) is 28.8 Å². The minimum atomic E-state index is 0.0727. The first-order valence-corrected chi connectivity index (χ1v) is 9.52.